The van der Waals surface area contributed by atoms with E-state index in [-0.39, 0.29) is 45.0 Å². The molecule has 0 atom stereocenters. The minimum atomic E-state index is -0.572. The van der Waals surface area contributed by atoms with Crippen molar-refractivity contribution < 1.29 is 37.3 Å². The first-order chi connectivity index (χ1) is 16.5. The van der Waals surface area contributed by atoms with Crippen LogP contribution in [0.25, 0.3) is 57.2 Å². The Morgan fingerprint density at radius 1 is 0.743 bits per heavy atom. The molecule has 0 spiro atoms. The molecule has 2 aliphatic rings. The van der Waals surface area contributed by atoms with Crippen molar-refractivity contribution in [3.8, 4) is 22.6 Å². The molecule has 5 heterocycles. The largest absolute Gasteiger partial charge is 0.505 e. The van der Waals surface area contributed by atoms with Crippen molar-refractivity contribution in [2.24, 2.45) is 0 Å². The van der Waals surface area contributed by atoms with Crippen LogP contribution in [0.2, 0.25) is 0 Å². The van der Waals surface area contributed by atoms with Gasteiger partial charge in [-0.2, -0.15) is 4.73 Å². The molecule has 1 aromatic carbocycles. The standard InChI is InChI=1S/C26H18N4O4.Co/c31-21-13-19-11-17-7-6-15(27-17)10-16-8-9-18(28-16)12-20-22(14-4-2-1-3-5-14)25(32)24(30(20)34)26(33)23(21)29-19;/h1-13,27,31-34H;. The van der Waals surface area contributed by atoms with Gasteiger partial charge in [-0.3, -0.25) is 0 Å². The molecule has 9 heteroatoms. The second-order valence-corrected chi connectivity index (χ2v) is 8.00. The Bertz CT molecular complexity index is 1700. The number of nitrogens with zero attached hydrogens (tertiary/aromatic N) is 3. The van der Waals surface area contributed by atoms with Crippen LogP contribution in [-0.4, -0.2) is 40.2 Å². The third-order valence-corrected chi connectivity index (χ3v) is 5.74. The minimum absolute atomic E-state index is 0. The molecule has 6 rings (SSSR count). The van der Waals surface area contributed by atoms with E-state index in [1.807, 2.05) is 30.3 Å². The van der Waals surface area contributed by atoms with E-state index < -0.39 is 5.75 Å². The third-order valence-electron chi connectivity index (χ3n) is 5.74. The second kappa shape index (κ2) is 8.39. The maximum absolute atomic E-state index is 11.1. The average Bonchev–Trinajstić information content (AvgIpc) is 3.58. The maximum Gasteiger partial charge on any atom is 0.176 e. The number of aromatic nitrogens is 4. The van der Waals surface area contributed by atoms with Gasteiger partial charge in [0.1, 0.15) is 11.5 Å². The molecule has 0 unspecified atom stereocenters. The summed E-state index contributed by atoms with van der Waals surface area (Å²) in [4.78, 5) is 12.1. The van der Waals surface area contributed by atoms with Gasteiger partial charge in [0, 0.05) is 33.9 Å². The number of aromatic amines is 1. The Labute approximate surface area is 209 Å². The van der Waals surface area contributed by atoms with E-state index in [0.29, 0.717) is 32.9 Å². The second-order valence-electron chi connectivity index (χ2n) is 8.00. The number of hydrogen-bond donors (Lipinski definition) is 5. The molecule has 2 aliphatic heterocycles. The molecule has 0 aliphatic carbocycles. The van der Waals surface area contributed by atoms with Gasteiger partial charge in [0.15, 0.2) is 17.0 Å². The zero-order chi connectivity index (χ0) is 23.4. The molecule has 8 bridgehead atoms. The molecule has 8 nitrogen and oxygen atoms in total. The van der Waals surface area contributed by atoms with E-state index in [9.17, 15) is 20.5 Å². The van der Waals surface area contributed by atoms with Crippen molar-refractivity contribution in [3.63, 3.8) is 0 Å². The van der Waals surface area contributed by atoms with E-state index in [1.54, 1.807) is 42.5 Å². The summed E-state index contributed by atoms with van der Waals surface area (Å²) < 4.78 is 0.685. The molecule has 5 N–H and O–H groups in total. The zero-order valence-corrected chi connectivity index (χ0v) is 19.0. The molecule has 35 heavy (non-hydrogen) atoms. The number of aliphatic hydroxyl groups excluding tert-OH is 1. The van der Waals surface area contributed by atoms with Crippen LogP contribution in [0.4, 0.5) is 0 Å². The number of aromatic hydroxyl groups is 2. The number of H-pyrrole nitrogens is 1. The molecule has 3 aromatic heterocycles. The predicted octanol–water partition coefficient (Wildman–Crippen LogP) is 5.33. The summed E-state index contributed by atoms with van der Waals surface area (Å²) in [6, 6.07) is 17.9. The SMILES string of the molecule is OC1=Cc2cc3ccc(cc4nc(cc5c(-c6ccccc6)c(O)c(c(O)c1n2)n5O)C=C4)[nH]3.[Co]. The van der Waals surface area contributed by atoms with Gasteiger partial charge < -0.3 is 25.5 Å². The van der Waals surface area contributed by atoms with Gasteiger partial charge >= 0.3 is 0 Å². The van der Waals surface area contributed by atoms with Gasteiger partial charge in [-0.1, -0.05) is 30.3 Å². The van der Waals surface area contributed by atoms with Crippen LogP contribution in [0.15, 0.2) is 60.7 Å². The van der Waals surface area contributed by atoms with Gasteiger partial charge in [0.05, 0.1) is 28.2 Å². The third kappa shape index (κ3) is 3.72. The first-order valence-electron chi connectivity index (χ1n) is 10.5. The molecule has 4 aromatic rings. The first-order valence-corrected chi connectivity index (χ1v) is 10.5. The Hall–Kier alpha value is -4.47. The Balaban J connectivity index is 0.00000253. The van der Waals surface area contributed by atoms with Crippen molar-refractivity contribution in [3.05, 3.63) is 83.4 Å². The van der Waals surface area contributed by atoms with Crippen LogP contribution < -0.4 is 0 Å². The summed E-state index contributed by atoms with van der Waals surface area (Å²) in [5.74, 6) is -1.22. The maximum atomic E-state index is 11.1. The number of benzene rings is 1. The van der Waals surface area contributed by atoms with Crippen LogP contribution in [0, 0.1) is 0 Å². The fourth-order valence-corrected chi connectivity index (χ4v) is 4.20. The van der Waals surface area contributed by atoms with E-state index in [4.69, 9.17) is 0 Å². The van der Waals surface area contributed by atoms with Gasteiger partial charge in [0.2, 0.25) is 0 Å². The van der Waals surface area contributed by atoms with Crippen molar-refractivity contribution in [1.29, 1.82) is 0 Å². The topological polar surface area (TPSA) is 127 Å². The smallest absolute Gasteiger partial charge is 0.176 e. The van der Waals surface area contributed by atoms with E-state index in [0.717, 1.165) is 11.0 Å². The normalized spacial score (nSPS) is 12.3. The van der Waals surface area contributed by atoms with Crippen molar-refractivity contribution in [2.75, 3.05) is 0 Å². The first kappa shape index (κ1) is 22.3. The Morgan fingerprint density at radius 3 is 2.11 bits per heavy atom. The summed E-state index contributed by atoms with van der Waals surface area (Å²) in [5, 5.41) is 43.7. The molecule has 0 amide bonds. The molecule has 0 saturated carbocycles. The number of nitrogens with one attached hydrogen (secondary N) is 1. The quantitative estimate of drug-likeness (QED) is 0.195. The van der Waals surface area contributed by atoms with Crippen LogP contribution in [-0.2, 0) is 16.8 Å². The van der Waals surface area contributed by atoms with Gasteiger partial charge in [0.25, 0.3) is 0 Å². The van der Waals surface area contributed by atoms with Crippen molar-refractivity contribution in [1.82, 2.24) is 19.7 Å². The Kier molecular flexibility index (Phi) is 5.35. The molecular weight excluding hydrogens is 491 g/mol. The number of fused-ring (bicyclic) bond motifs is 8. The van der Waals surface area contributed by atoms with Crippen LogP contribution in [0.3, 0.4) is 0 Å². The molecule has 0 fully saturated rings. The summed E-state index contributed by atoms with van der Waals surface area (Å²) in [5.41, 5.74) is 3.87. The van der Waals surface area contributed by atoms with Gasteiger partial charge in [-0.15, -0.1) is 0 Å². The summed E-state index contributed by atoms with van der Waals surface area (Å²) in [6.45, 7) is 0. The fourth-order valence-electron chi connectivity index (χ4n) is 4.20. The van der Waals surface area contributed by atoms with Gasteiger partial charge in [-0.05, 0) is 48.0 Å². The minimum Gasteiger partial charge on any atom is -0.505 e. The van der Waals surface area contributed by atoms with Gasteiger partial charge in [-0.25, -0.2) is 9.97 Å². The van der Waals surface area contributed by atoms with Crippen LogP contribution in [0.5, 0.6) is 11.5 Å². The van der Waals surface area contributed by atoms with Crippen molar-refractivity contribution in [2.45, 2.75) is 0 Å². The van der Waals surface area contributed by atoms with E-state index in [2.05, 4.69) is 15.0 Å². The van der Waals surface area contributed by atoms with Crippen molar-refractivity contribution >= 4 is 46.1 Å². The number of rotatable bonds is 1. The number of aliphatic hydroxyl groups is 1. The monoisotopic (exact) mass is 509 g/mol. The van der Waals surface area contributed by atoms with E-state index >= 15 is 0 Å². The Morgan fingerprint density at radius 2 is 1.40 bits per heavy atom. The van der Waals surface area contributed by atoms with Crippen LogP contribution in [0.1, 0.15) is 22.8 Å². The molecule has 0 saturated heterocycles. The fraction of sp³-hybridized carbons (Fsp3) is 0. The molecular formula is C26H18CoN4O4. The summed E-state index contributed by atoms with van der Waals surface area (Å²) in [6.07, 6.45) is 5.03. The summed E-state index contributed by atoms with van der Waals surface area (Å²) >= 11 is 0. The zero-order valence-electron chi connectivity index (χ0n) is 18.0. The molecule has 175 valence electrons. The molecule has 1 radical (unpaired) electrons. The number of hydrogen-bond acceptors (Lipinski definition) is 6. The average molecular weight is 509 g/mol. The summed E-state index contributed by atoms with van der Waals surface area (Å²) in [7, 11) is 0. The predicted molar refractivity (Wildman–Crippen MR) is 130 cm³/mol. The van der Waals surface area contributed by atoms with Crippen LogP contribution >= 0.6 is 0 Å². The van der Waals surface area contributed by atoms with E-state index in [1.165, 1.54) is 6.08 Å².